The Hall–Kier alpha value is -3.32. The van der Waals surface area contributed by atoms with Gasteiger partial charge in [-0.2, -0.15) is 0 Å². The highest BCUT2D eigenvalue weighted by Crippen LogP contribution is 2.47. The number of ether oxygens (including phenoxy) is 3. The zero-order valence-electron chi connectivity index (χ0n) is 25.7. The number of hydrogen-bond donors (Lipinski definition) is 3. The van der Waals surface area contributed by atoms with Crippen LogP contribution < -0.4 is 16.4 Å². The van der Waals surface area contributed by atoms with E-state index < -0.39 is 17.6 Å². The summed E-state index contributed by atoms with van der Waals surface area (Å²) >= 11 is 0. The number of carbonyl (C=O) groups excluding carboxylic acids is 1. The van der Waals surface area contributed by atoms with Crippen molar-refractivity contribution in [2.75, 3.05) is 43.8 Å². The molecule has 4 heterocycles. The molecule has 3 aromatic rings. The van der Waals surface area contributed by atoms with Crippen molar-refractivity contribution in [3.63, 3.8) is 0 Å². The van der Waals surface area contributed by atoms with Crippen LogP contribution in [-0.2, 0) is 25.4 Å². The largest absolute Gasteiger partial charge is 0.382 e. The molecule has 4 N–H and O–H groups in total. The number of nitrogens with one attached hydrogen (secondary N) is 2. The topological polar surface area (TPSA) is 142 Å². The molecule has 0 bridgehead atoms. The molecule has 228 valence electrons. The van der Waals surface area contributed by atoms with Crippen molar-refractivity contribution in [2.24, 2.45) is 5.92 Å². The zero-order valence-corrected chi connectivity index (χ0v) is 25.7. The van der Waals surface area contributed by atoms with Gasteiger partial charge in [0.1, 0.15) is 24.1 Å². The van der Waals surface area contributed by atoms with E-state index >= 15 is 0 Å². The first-order valence-corrected chi connectivity index (χ1v) is 14.6. The molecule has 2 aliphatic heterocycles. The average molecular weight is 581 g/mol. The van der Waals surface area contributed by atoms with Crippen molar-refractivity contribution in [1.29, 1.82) is 0 Å². The molecule has 2 saturated heterocycles. The summed E-state index contributed by atoms with van der Waals surface area (Å²) in [5.41, 5.74) is 8.22. The Morgan fingerprint density at radius 1 is 1.19 bits per heavy atom. The molecule has 0 radical (unpaired) electrons. The molecule has 2 aromatic heterocycles. The first-order chi connectivity index (χ1) is 19.8. The summed E-state index contributed by atoms with van der Waals surface area (Å²) in [6.45, 7) is 17.5. The predicted molar refractivity (Wildman–Crippen MR) is 161 cm³/mol. The number of urea groups is 1. The van der Waals surface area contributed by atoms with Gasteiger partial charge in [0.25, 0.3) is 0 Å². The van der Waals surface area contributed by atoms with Crippen LogP contribution in [0.1, 0.15) is 54.0 Å². The molecule has 0 spiro atoms. The van der Waals surface area contributed by atoms with Crippen molar-refractivity contribution < 1.29 is 19.0 Å². The van der Waals surface area contributed by atoms with Crippen molar-refractivity contribution in [1.82, 2.24) is 29.7 Å². The van der Waals surface area contributed by atoms with Gasteiger partial charge in [-0.05, 0) is 42.9 Å². The smallest absolute Gasteiger partial charge is 0.319 e. The van der Waals surface area contributed by atoms with E-state index in [1.165, 1.54) is 11.9 Å². The number of hydrogen-bond acceptors (Lipinski definition) is 9. The van der Waals surface area contributed by atoms with Gasteiger partial charge in [0, 0.05) is 31.9 Å². The van der Waals surface area contributed by atoms with Gasteiger partial charge in [-0.1, -0.05) is 46.8 Å². The number of nitrogens with two attached hydrogens (primary N) is 1. The van der Waals surface area contributed by atoms with Crippen molar-refractivity contribution in [3.05, 3.63) is 42.5 Å². The van der Waals surface area contributed by atoms with Crippen LogP contribution in [0.5, 0.6) is 0 Å². The third kappa shape index (κ3) is 6.22. The normalized spacial score (nSPS) is 23.5. The number of nitrogen functional groups attached to an aromatic ring is 1. The number of nitrogens with zero attached hydrogens (tertiary/aromatic N) is 5. The minimum Gasteiger partial charge on any atom is -0.382 e. The molecular weight excluding hydrogens is 536 g/mol. The van der Waals surface area contributed by atoms with E-state index in [0.29, 0.717) is 42.5 Å². The lowest BCUT2D eigenvalue weighted by atomic mass is 9.87. The molecule has 0 saturated carbocycles. The molecule has 12 heteroatoms. The molecule has 5 rings (SSSR count). The minimum absolute atomic E-state index is 0.0592. The van der Waals surface area contributed by atoms with Gasteiger partial charge in [0.05, 0.1) is 12.9 Å². The van der Waals surface area contributed by atoms with Crippen molar-refractivity contribution >= 4 is 28.7 Å². The third-order valence-electron chi connectivity index (χ3n) is 7.67. The molecule has 0 unspecified atom stereocenters. The Morgan fingerprint density at radius 2 is 1.93 bits per heavy atom. The van der Waals surface area contributed by atoms with Crippen LogP contribution in [0.3, 0.4) is 0 Å². The Morgan fingerprint density at radius 3 is 2.62 bits per heavy atom. The number of benzene rings is 1. The second-order valence-electron chi connectivity index (χ2n) is 13.1. The summed E-state index contributed by atoms with van der Waals surface area (Å²) in [5, 5.41) is 5.92. The average Bonchev–Trinajstić information content (AvgIpc) is 3.54. The summed E-state index contributed by atoms with van der Waals surface area (Å²) < 4.78 is 21.2. The van der Waals surface area contributed by atoms with E-state index in [1.807, 2.05) is 42.7 Å². The fraction of sp³-hybridized carbons (Fsp3) is 0.600. The van der Waals surface area contributed by atoms with Gasteiger partial charge >= 0.3 is 6.03 Å². The highest BCUT2D eigenvalue weighted by Gasteiger charge is 2.63. The lowest BCUT2D eigenvalue weighted by molar-refractivity contribution is -0.205. The third-order valence-corrected chi connectivity index (χ3v) is 7.67. The van der Waals surface area contributed by atoms with E-state index in [9.17, 15) is 4.79 Å². The highest BCUT2D eigenvalue weighted by molar-refractivity contribution is 5.89. The maximum atomic E-state index is 12.6. The van der Waals surface area contributed by atoms with Crippen LogP contribution in [0.25, 0.3) is 11.2 Å². The number of carbonyl (C=O) groups is 1. The lowest BCUT2D eigenvalue weighted by Crippen LogP contribution is -2.48. The Balaban J connectivity index is 1.24. The van der Waals surface area contributed by atoms with E-state index in [0.717, 1.165) is 12.2 Å². The maximum absolute atomic E-state index is 12.6. The fourth-order valence-electron chi connectivity index (χ4n) is 5.82. The second kappa shape index (κ2) is 11.4. The summed E-state index contributed by atoms with van der Waals surface area (Å²) in [7, 11) is 0. The molecule has 42 heavy (non-hydrogen) atoms. The highest BCUT2D eigenvalue weighted by atomic mass is 16.8. The number of imidazole rings is 1. The van der Waals surface area contributed by atoms with Gasteiger partial charge in [0.2, 0.25) is 5.72 Å². The number of aromatic nitrogens is 4. The van der Waals surface area contributed by atoms with Crippen LogP contribution in [0, 0.1) is 5.92 Å². The van der Waals surface area contributed by atoms with Crippen molar-refractivity contribution in [3.8, 4) is 0 Å². The summed E-state index contributed by atoms with van der Waals surface area (Å²) in [4.78, 5) is 27.9. The standard InChI is InChI=1S/C30H44N8O4/c1-19(2)14-37(13-12-32-27(39)36-21-10-8-20(9-11-21)28(3,4)5)15-22-24-30(16-40-22,42-29(6,7)41-24)38-18-35-23-25(31)33-17-34-26(23)38/h8-11,17-19,22,24H,12-16H2,1-7H3,(H2,31,33,34)(H2,32,36,39)/t22-,24-,30-/m1/s1. The number of amides is 2. The van der Waals surface area contributed by atoms with Gasteiger partial charge in [0.15, 0.2) is 17.3 Å². The van der Waals surface area contributed by atoms with Crippen LogP contribution in [0.15, 0.2) is 36.9 Å². The molecular formula is C30H44N8O4. The molecule has 1 aromatic carbocycles. The Labute approximate surface area is 247 Å². The number of anilines is 2. The minimum atomic E-state index is -0.951. The summed E-state index contributed by atoms with van der Waals surface area (Å²) in [6.07, 6.45) is 2.40. The van der Waals surface area contributed by atoms with Crippen LogP contribution in [-0.4, -0.2) is 81.2 Å². The van der Waals surface area contributed by atoms with Crippen LogP contribution in [0.2, 0.25) is 0 Å². The quantitative estimate of drug-likeness (QED) is 0.345. The lowest BCUT2D eigenvalue weighted by Gasteiger charge is -2.30. The van der Waals surface area contributed by atoms with E-state index in [4.69, 9.17) is 19.9 Å². The summed E-state index contributed by atoms with van der Waals surface area (Å²) in [6, 6.07) is 7.73. The Kier molecular flexibility index (Phi) is 8.18. The van der Waals surface area contributed by atoms with Crippen LogP contribution in [0.4, 0.5) is 16.3 Å². The molecule has 2 fully saturated rings. The second-order valence-corrected chi connectivity index (χ2v) is 13.1. The van der Waals surface area contributed by atoms with E-state index in [2.05, 4.69) is 65.1 Å². The first kappa shape index (κ1) is 30.1. The SMILES string of the molecule is CC(C)CN(CCNC(=O)Nc1ccc(C(C)(C)C)cc1)C[C@H]1OC[C@@]2(n3cnc4c(N)ncnc43)OC(C)(C)O[C@H]12. The zero-order chi connectivity index (χ0) is 30.3. The maximum Gasteiger partial charge on any atom is 0.319 e. The van der Waals surface area contributed by atoms with Crippen molar-refractivity contribution in [2.45, 2.75) is 77.6 Å². The van der Waals surface area contributed by atoms with E-state index in [1.54, 1.807) is 6.33 Å². The molecule has 2 amide bonds. The summed E-state index contributed by atoms with van der Waals surface area (Å²) in [5.74, 6) is -0.113. The monoisotopic (exact) mass is 580 g/mol. The van der Waals surface area contributed by atoms with Crippen LogP contribution >= 0.6 is 0 Å². The molecule has 2 aliphatic rings. The fourth-order valence-corrected chi connectivity index (χ4v) is 5.82. The number of rotatable bonds is 9. The molecule has 3 atom stereocenters. The first-order valence-electron chi connectivity index (χ1n) is 14.6. The molecule has 12 nitrogen and oxygen atoms in total. The van der Waals surface area contributed by atoms with Gasteiger partial charge < -0.3 is 30.6 Å². The number of fused-ring (bicyclic) bond motifs is 2. The predicted octanol–water partition coefficient (Wildman–Crippen LogP) is 3.69. The Bertz CT molecular complexity index is 1400. The van der Waals surface area contributed by atoms with Gasteiger partial charge in [-0.3, -0.25) is 9.47 Å². The van der Waals surface area contributed by atoms with Gasteiger partial charge in [-0.25, -0.2) is 19.7 Å². The molecule has 0 aliphatic carbocycles. The van der Waals surface area contributed by atoms with Gasteiger partial charge in [-0.15, -0.1) is 0 Å². The van der Waals surface area contributed by atoms with E-state index in [-0.39, 0.29) is 24.2 Å².